The molecule has 134 valence electrons. The summed E-state index contributed by atoms with van der Waals surface area (Å²) in [5.74, 6) is -0.656. The average Bonchev–Trinajstić information content (AvgIpc) is 2.74. The summed E-state index contributed by atoms with van der Waals surface area (Å²) in [6.07, 6.45) is 0. The van der Waals surface area contributed by atoms with Gasteiger partial charge in [0.2, 0.25) is 0 Å². The van der Waals surface area contributed by atoms with Crippen molar-refractivity contribution in [1.29, 1.82) is 5.26 Å². The predicted octanol–water partition coefficient (Wildman–Crippen LogP) is 5.63. The van der Waals surface area contributed by atoms with Gasteiger partial charge in [-0.1, -0.05) is 36.4 Å². The van der Waals surface area contributed by atoms with Gasteiger partial charge in [-0.25, -0.2) is 18.7 Å². The van der Waals surface area contributed by atoms with Crippen molar-refractivity contribution in [3.05, 3.63) is 96.1 Å². The highest BCUT2D eigenvalue weighted by Gasteiger charge is 2.16. The van der Waals surface area contributed by atoms with Crippen LogP contribution in [0.4, 0.5) is 8.78 Å². The Morgan fingerprint density at radius 2 is 1.11 bits per heavy atom. The Morgan fingerprint density at radius 1 is 0.643 bits per heavy atom. The highest BCUT2D eigenvalue weighted by molar-refractivity contribution is 5.74. The van der Waals surface area contributed by atoms with Gasteiger partial charge in [0, 0.05) is 16.7 Å². The first-order chi connectivity index (χ1) is 13.7. The molecule has 0 bridgehead atoms. The van der Waals surface area contributed by atoms with Crippen molar-refractivity contribution in [2.45, 2.75) is 0 Å². The summed E-state index contributed by atoms with van der Waals surface area (Å²) >= 11 is 0. The third-order valence-electron chi connectivity index (χ3n) is 4.31. The van der Waals surface area contributed by atoms with Crippen molar-refractivity contribution in [2.24, 2.45) is 0 Å². The van der Waals surface area contributed by atoms with Gasteiger partial charge >= 0.3 is 0 Å². The Labute approximate surface area is 160 Å². The van der Waals surface area contributed by atoms with E-state index in [1.165, 1.54) is 12.1 Å². The van der Waals surface area contributed by atoms with E-state index in [1.807, 2.05) is 0 Å². The van der Waals surface area contributed by atoms with E-state index in [0.717, 1.165) is 0 Å². The lowest BCUT2D eigenvalue weighted by Crippen LogP contribution is -1.99. The maximum Gasteiger partial charge on any atom is 0.161 e. The largest absolute Gasteiger partial charge is 0.228 e. The molecule has 4 aromatic rings. The minimum absolute atomic E-state index is 0.233. The molecule has 0 saturated heterocycles. The molecule has 0 radical (unpaired) electrons. The monoisotopic (exact) mass is 369 g/mol. The van der Waals surface area contributed by atoms with Gasteiger partial charge in [0.05, 0.1) is 23.0 Å². The summed E-state index contributed by atoms with van der Waals surface area (Å²) in [6.45, 7) is 0. The molecule has 0 saturated carbocycles. The quantitative estimate of drug-likeness (QED) is 0.470. The molecule has 5 heteroatoms. The molecule has 1 aromatic heterocycles. The van der Waals surface area contributed by atoms with Crippen LogP contribution in [0.15, 0.2) is 78.9 Å². The molecular formula is C23H13F2N3. The van der Waals surface area contributed by atoms with Crippen LogP contribution in [0.25, 0.3) is 33.9 Å². The lowest BCUT2D eigenvalue weighted by atomic mass is 10.0. The van der Waals surface area contributed by atoms with Crippen molar-refractivity contribution >= 4 is 0 Å². The maximum absolute atomic E-state index is 14.4. The van der Waals surface area contributed by atoms with Crippen LogP contribution in [0.5, 0.6) is 0 Å². The maximum atomic E-state index is 14.4. The van der Waals surface area contributed by atoms with E-state index in [2.05, 4.69) is 16.0 Å². The summed E-state index contributed by atoms with van der Waals surface area (Å²) in [6, 6.07) is 23.0. The summed E-state index contributed by atoms with van der Waals surface area (Å²) in [4.78, 5) is 8.95. The molecule has 0 aliphatic heterocycles. The molecular weight excluding hydrogens is 356 g/mol. The number of hydrogen-bond donors (Lipinski definition) is 0. The van der Waals surface area contributed by atoms with Crippen LogP contribution in [-0.4, -0.2) is 9.97 Å². The van der Waals surface area contributed by atoms with E-state index in [1.54, 1.807) is 66.7 Å². The molecule has 0 atom stereocenters. The zero-order chi connectivity index (χ0) is 19.5. The number of nitrogens with zero attached hydrogens (tertiary/aromatic N) is 3. The van der Waals surface area contributed by atoms with Crippen LogP contribution in [0.2, 0.25) is 0 Å². The van der Waals surface area contributed by atoms with Crippen molar-refractivity contribution < 1.29 is 8.78 Å². The average molecular weight is 369 g/mol. The third-order valence-corrected chi connectivity index (χ3v) is 4.31. The Hall–Kier alpha value is -3.91. The first kappa shape index (κ1) is 17.5. The Morgan fingerprint density at radius 3 is 1.61 bits per heavy atom. The standard InChI is InChI=1S/C23H13F2N3/c24-19-11-5-3-9-17(19)21-13-22(18-10-4-6-12-20(18)25)28-23(27-21)16-8-2-1-7-15(16)14-26/h1-13H. The van der Waals surface area contributed by atoms with E-state index in [4.69, 9.17) is 0 Å². The van der Waals surface area contributed by atoms with Gasteiger partial charge in [-0.15, -0.1) is 0 Å². The first-order valence-corrected chi connectivity index (χ1v) is 8.56. The highest BCUT2D eigenvalue weighted by Crippen LogP contribution is 2.30. The molecule has 0 fully saturated rings. The molecule has 3 nitrogen and oxygen atoms in total. The summed E-state index contributed by atoms with van der Waals surface area (Å²) in [7, 11) is 0. The van der Waals surface area contributed by atoms with Gasteiger partial charge in [-0.2, -0.15) is 5.26 Å². The van der Waals surface area contributed by atoms with Gasteiger partial charge in [0.15, 0.2) is 5.82 Å². The van der Waals surface area contributed by atoms with E-state index in [-0.39, 0.29) is 17.0 Å². The minimum atomic E-state index is -0.444. The number of halogens is 2. The second kappa shape index (κ2) is 7.37. The van der Waals surface area contributed by atoms with Crippen LogP contribution in [0.3, 0.4) is 0 Å². The number of nitriles is 1. The Bertz CT molecular complexity index is 1150. The zero-order valence-corrected chi connectivity index (χ0v) is 14.6. The minimum Gasteiger partial charge on any atom is -0.228 e. The number of aromatic nitrogens is 2. The molecule has 3 aromatic carbocycles. The Balaban J connectivity index is 2.01. The fraction of sp³-hybridized carbons (Fsp3) is 0. The molecule has 0 N–H and O–H groups in total. The fourth-order valence-corrected chi connectivity index (χ4v) is 2.96. The number of benzene rings is 3. The summed E-state index contributed by atoms with van der Waals surface area (Å²) < 4.78 is 28.8. The van der Waals surface area contributed by atoms with Gasteiger partial charge in [-0.05, 0) is 42.5 Å². The van der Waals surface area contributed by atoms with Crippen molar-refractivity contribution in [2.75, 3.05) is 0 Å². The topological polar surface area (TPSA) is 49.6 Å². The zero-order valence-electron chi connectivity index (χ0n) is 14.6. The molecule has 28 heavy (non-hydrogen) atoms. The van der Waals surface area contributed by atoms with Crippen LogP contribution < -0.4 is 0 Å². The van der Waals surface area contributed by atoms with Gasteiger partial charge in [-0.3, -0.25) is 0 Å². The van der Waals surface area contributed by atoms with Crippen molar-refractivity contribution in [3.8, 4) is 40.0 Å². The summed E-state index contributed by atoms with van der Waals surface area (Å²) in [5.41, 5.74) is 2.06. The van der Waals surface area contributed by atoms with E-state index in [9.17, 15) is 14.0 Å². The lowest BCUT2D eigenvalue weighted by molar-refractivity contribution is 0.630. The van der Waals surface area contributed by atoms with E-state index < -0.39 is 11.6 Å². The second-order valence-electron chi connectivity index (χ2n) is 6.08. The molecule has 0 unspecified atom stereocenters. The smallest absolute Gasteiger partial charge is 0.161 e. The normalized spacial score (nSPS) is 10.5. The number of hydrogen-bond acceptors (Lipinski definition) is 3. The fourth-order valence-electron chi connectivity index (χ4n) is 2.96. The van der Waals surface area contributed by atoms with Gasteiger partial charge < -0.3 is 0 Å². The van der Waals surface area contributed by atoms with E-state index >= 15 is 0 Å². The summed E-state index contributed by atoms with van der Waals surface area (Å²) in [5, 5.41) is 9.42. The van der Waals surface area contributed by atoms with Gasteiger partial charge in [0.1, 0.15) is 11.6 Å². The van der Waals surface area contributed by atoms with Gasteiger partial charge in [0.25, 0.3) is 0 Å². The first-order valence-electron chi connectivity index (χ1n) is 8.56. The van der Waals surface area contributed by atoms with Crippen LogP contribution >= 0.6 is 0 Å². The lowest BCUT2D eigenvalue weighted by Gasteiger charge is -2.11. The number of rotatable bonds is 3. The molecule has 4 rings (SSSR count). The predicted molar refractivity (Wildman–Crippen MR) is 103 cm³/mol. The molecule has 0 aliphatic carbocycles. The molecule has 0 spiro atoms. The molecule has 0 aliphatic rings. The third kappa shape index (κ3) is 3.24. The second-order valence-corrected chi connectivity index (χ2v) is 6.08. The SMILES string of the molecule is N#Cc1ccccc1-c1nc(-c2ccccc2F)cc(-c2ccccc2F)n1. The molecule has 1 heterocycles. The van der Waals surface area contributed by atoms with Crippen molar-refractivity contribution in [3.63, 3.8) is 0 Å². The van der Waals surface area contributed by atoms with Crippen LogP contribution in [-0.2, 0) is 0 Å². The van der Waals surface area contributed by atoms with E-state index in [0.29, 0.717) is 22.5 Å². The van der Waals surface area contributed by atoms with Crippen LogP contribution in [0, 0.1) is 23.0 Å². The molecule has 0 amide bonds. The Kier molecular flexibility index (Phi) is 4.61. The highest BCUT2D eigenvalue weighted by atomic mass is 19.1. The van der Waals surface area contributed by atoms with Crippen molar-refractivity contribution in [1.82, 2.24) is 9.97 Å². The van der Waals surface area contributed by atoms with Crippen LogP contribution in [0.1, 0.15) is 5.56 Å².